The van der Waals surface area contributed by atoms with Crippen LogP contribution in [0.1, 0.15) is 38.4 Å². The summed E-state index contributed by atoms with van der Waals surface area (Å²) in [4.78, 5) is 42.4. The van der Waals surface area contributed by atoms with E-state index in [-0.39, 0.29) is 17.7 Å². The molecule has 2 saturated heterocycles. The first-order valence-electron chi connectivity index (χ1n) is 10.2. The highest BCUT2D eigenvalue weighted by Crippen LogP contribution is 2.28. The first-order chi connectivity index (χ1) is 14.9. The van der Waals surface area contributed by atoms with E-state index in [0.29, 0.717) is 22.7 Å². The molecule has 4 rings (SSSR count). The maximum atomic E-state index is 13.0. The number of likely N-dealkylation sites (tertiary alicyclic amines) is 1. The van der Waals surface area contributed by atoms with Crippen LogP contribution in [0.4, 0.5) is 5.69 Å². The minimum Gasteiger partial charge on any atom is -0.369 e. The van der Waals surface area contributed by atoms with Gasteiger partial charge in [0.15, 0.2) is 6.10 Å². The summed E-state index contributed by atoms with van der Waals surface area (Å²) in [6.45, 7) is 3.77. The molecule has 1 N–H and O–H groups in total. The first-order valence-corrected chi connectivity index (χ1v) is 11.8. The van der Waals surface area contributed by atoms with Gasteiger partial charge in [0.05, 0.1) is 14.7 Å². The maximum Gasteiger partial charge on any atom is 0.261 e. The van der Waals surface area contributed by atoms with E-state index >= 15 is 0 Å². The van der Waals surface area contributed by atoms with Crippen molar-refractivity contribution in [3.63, 3.8) is 0 Å². The minimum atomic E-state index is -0.765. The van der Waals surface area contributed by atoms with Crippen LogP contribution in [0.2, 0.25) is 0 Å². The van der Waals surface area contributed by atoms with E-state index in [4.69, 9.17) is 4.74 Å². The summed E-state index contributed by atoms with van der Waals surface area (Å²) in [5.41, 5.74) is 2.18. The molecule has 3 amide bonds. The molecule has 2 aliphatic rings. The van der Waals surface area contributed by atoms with E-state index in [0.717, 1.165) is 35.3 Å². The molecule has 2 atom stereocenters. The highest BCUT2D eigenvalue weighted by molar-refractivity contribution is 9.11. The summed E-state index contributed by atoms with van der Waals surface area (Å²) in [7, 11) is 1.47. The van der Waals surface area contributed by atoms with Crippen LogP contribution in [0.3, 0.4) is 0 Å². The SMILES string of the molecule is COC1C(=O)N(c2ccc(C(=O)N3CCCC3)c(C)c2)CC1NC(=O)c1ccc(Br)s1. The number of hydrogen-bond acceptors (Lipinski definition) is 5. The summed E-state index contributed by atoms with van der Waals surface area (Å²) in [5, 5.41) is 2.92. The van der Waals surface area contributed by atoms with Gasteiger partial charge in [-0.3, -0.25) is 14.4 Å². The quantitative estimate of drug-likeness (QED) is 0.676. The molecule has 0 saturated carbocycles. The summed E-state index contributed by atoms with van der Waals surface area (Å²) in [6.07, 6.45) is 1.32. The molecule has 0 aliphatic carbocycles. The van der Waals surface area contributed by atoms with Crippen LogP contribution in [0.15, 0.2) is 34.1 Å². The van der Waals surface area contributed by atoms with Gasteiger partial charge < -0.3 is 19.9 Å². The molecular weight excluding hydrogens is 482 g/mol. The van der Waals surface area contributed by atoms with Crippen LogP contribution < -0.4 is 10.2 Å². The molecule has 2 aromatic rings. The summed E-state index contributed by atoms with van der Waals surface area (Å²) in [5.74, 6) is -0.408. The van der Waals surface area contributed by atoms with E-state index in [2.05, 4.69) is 21.2 Å². The van der Waals surface area contributed by atoms with Crippen molar-refractivity contribution in [2.75, 3.05) is 31.6 Å². The highest BCUT2D eigenvalue weighted by atomic mass is 79.9. The predicted octanol–water partition coefficient (Wildman–Crippen LogP) is 3.22. The van der Waals surface area contributed by atoms with Gasteiger partial charge >= 0.3 is 0 Å². The fourth-order valence-corrected chi connectivity index (χ4v) is 5.44. The molecule has 2 fully saturated rings. The molecule has 0 bridgehead atoms. The molecule has 164 valence electrons. The molecule has 7 nitrogen and oxygen atoms in total. The van der Waals surface area contributed by atoms with E-state index in [1.807, 2.05) is 24.0 Å². The number of hydrogen-bond donors (Lipinski definition) is 1. The second kappa shape index (κ2) is 9.10. The Morgan fingerprint density at radius 2 is 1.94 bits per heavy atom. The summed E-state index contributed by atoms with van der Waals surface area (Å²) in [6, 6.07) is 8.51. The topological polar surface area (TPSA) is 79.0 Å². The molecule has 2 aliphatic heterocycles. The lowest BCUT2D eigenvalue weighted by Crippen LogP contribution is -2.44. The lowest BCUT2D eigenvalue weighted by molar-refractivity contribution is -0.126. The van der Waals surface area contributed by atoms with Crippen molar-refractivity contribution in [1.82, 2.24) is 10.2 Å². The van der Waals surface area contributed by atoms with Crippen molar-refractivity contribution in [2.45, 2.75) is 31.9 Å². The zero-order valence-corrected chi connectivity index (χ0v) is 19.8. The second-order valence-electron chi connectivity index (χ2n) is 7.79. The van der Waals surface area contributed by atoms with Crippen molar-refractivity contribution < 1.29 is 19.1 Å². The van der Waals surface area contributed by atoms with Gasteiger partial charge in [-0.25, -0.2) is 0 Å². The van der Waals surface area contributed by atoms with Gasteiger partial charge in [-0.05, 0) is 71.6 Å². The number of halogens is 1. The lowest BCUT2D eigenvalue weighted by Gasteiger charge is -2.20. The van der Waals surface area contributed by atoms with Gasteiger partial charge in [0.2, 0.25) is 0 Å². The number of nitrogens with zero attached hydrogens (tertiary/aromatic N) is 2. The van der Waals surface area contributed by atoms with Crippen LogP contribution in [-0.4, -0.2) is 61.5 Å². The number of nitrogens with one attached hydrogen (secondary N) is 1. The van der Waals surface area contributed by atoms with Gasteiger partial charge in [-0.1, -0.05) is 0 Å². The van der Waals surface area contributed by atoms with Gasteiger partial charge in [0.25, 0.3) is 17.7 Å². The zero-order chi connectivity index (χ0) is 22.1. The molecule has 31 heavy (non-hydrogen) atoms. The van der Waals surface area contributed by atoms with Crippen LogP contribution in [0, 0.1) is 6.92 Å². The summed E-state index contributed by atoms with van der Waals surface area (Å²) < 4.78 is 6.28. The lowest BCUT2D eigenvalue weighted by atomic mass is 10.1. The number of anilines is 1. The Hall–Kier alpha value is -2.23. The number of thiophene rings is 1. The van der Waals surface area contributed by atoms with Crippen LogP contribution in [0.5, 0.6) is 0 Å². The normalized spacial score (nSPS) is 21.1. The molecule has 0 spiro atoms. The van der Waals surface area contributed by atoms with Gasteiger partial charge in [0.1, 0.15) is 0 Å². The fraction of sp³-hybridized carbons (Fsp3) is 0.409. The largest absolute Gasteiger partial charge is 0.369 e. The summed E-state index contributed by atoms with van der Waals surface area (Å²) >= 11 is 4.69. The molecule has 1 aromatic heterocycles. The predicted molar refractivity (Wildman–Crippen MR) is 123 cm³/mol. The third kappa shape index (κ3) is 4.40. The van der Waals surface area contributed by atoms with Crippen molar-refractivity contribution >= 4 is 50.7 Å². The number of carbonyl (C=O) groups excluding carboxylic acids is 3. The van der Waals surface area contributed by atoms with E-state index in [9.17, 15) is 14.4 Å². The molecular formula is C22H24BrN3O4S. The highest BCUT2D eigenvalue weighted by Gasteiger charge is 2.42. The first kappa shape index (κ1) is 22.0. The Kier molecular flexibility index (Phi) is 6.45. The number of carbonyl (C=O) groups is 3. The smallest absolute Gasteiger partial charge is 0.261 e. The minimum absolute atomic E-state index is 0.0383. The molecule has 1 aromatic carbocycles. The van der Waals surface area contributed by atoms with Gasteiger partial charge in [-0.15, -0.1) is 11.3 Å². The average Bonchev–Trinajstić information content (AvgIpc) is 3.48. The van der Waals surface area contributed by atoms with E-state index in [1.54, 1.807) is 23.1 Å². The molecule has 2 unspecified atom stereocenters. The van der Waals surface area contributed by atoms with E-state index < -0.39 is 12.1 Å². The Bertz CT molecular complexity index is 1020. The number of ether oxygens (including phenoxy) is 1. The maximum absolute atomic E-state index is 13.0. The Morgan fingerprint density at radius 3 is 2.55 bits per heavy atom. The van der Waals surface area contributed by atoms with E-state index in [1.165, 1.54) is 18.4 Å². The molecule has 0 radical (unpaired) electrons. The average molecular weight is 506 g/mol. The van der Waals surface area contributed by atoms with Gasteiger partial charge in [-0.2, -0.15) is 0 Å². The zero-order valence-electron chi connectivity index (χ0n) is 17.4. The Morgan fingerprint density at radius 1 is 1.19 bits per heavy atom. The third-order valence-corrected chi connectivity index (χ3v) is 7.39. The Balaban J connectivity index is 1.51. The number of amides is 3. The van der Waals surface area contributed by atoms with Crippen molar-refractivity contribution in [3.05, 3.63) is 50.1 Å². The number of rotatable bonds is 5. The molecule has 3 heterocycles. The van der Waals surface area contributed by atoms with Crippen LogP contribution in [0.25, 0.3) is 0 Å². The third-order valence-electron chi connectivity index (χ3n) is 5.77. The van der Waals surface area contributed by atoms with Crippen LogP contribution in [-0.2, 0) is 9.53 Å². The van der Waals surface area contributed by atoms with Gasteiger partial charge in [0, 0.05) is 38.0 Å². The van der Waals surface area contributed by atoms with Crippen molar-refractivity contribution in [3.8, 4) is 0 Å². The standard InChI is InChI=1S/C22H24BrN3O4S/c1-13-11-14(5-6-15(13)21(28)25-9-3-4-10-25)26-12-16(19(30-2)22(26)29)24-20(27)17-7-8-18(23)31-17/h5-8,11,16,19H,3-4,9-10,12H2,1-2H3,(H,24,27). The van der Waals surface area contributed by atoms with Crippen LogP contribution >= 0.6 is 27.3 Å². The Labute approximate surface area is 193 Å². The number of aryl methyl sites for hydroxylation is 1. The number of methoxy groups -OCH3 is 1. The number of benzene rings is 1. The van der Waals surface area contributed by atoms with Crippen molar-refractivity contribution in [2.24, 2.45) is 0 Å². The van der Waals surface area contributed by atoms with Crippen molar-refractivity contribution in [1.29, 1.82) is 0 Å². The fourth-order valence-electron chi connectivity index (χ4n) is 4.15. The molecule has 9 heteroatoms. The second-order valence-corrected chi connectivity index (χ2v) is 10.3. The monoisotopic (exact) mass is 505 g/mol.